The molecule has 0 aliphatic heterocycles. The zero-order valence-corrected chi connectivity index (χ0v) is 4.87. The minimum atomic E-state index is -0.478. The SMILES string of the molecule is C=C(C=O)CC[N+](=O)[O-]. The Balaban J connectivity index is 3.39. The van der Waals surface area contributed by atoms with Crippen LogP contribution in [0.2, 0.25) is 0 Å². The van der Waals surface area contributed by atoms with E-state index in [0.29, 0.717) is 6.29 Å². The molecular weight excluding hydrogens is 122 g/mol. The van der Waals surface area contributed by atoms with E-state index in [2.05, 4.69) is 6.58 Å². The van der Waals surface area contributed by atoms with Gasteiger partial charge in [0.05, 0.1) is 0 Å². The summed E-state index contributed by atoms with van der Waals surface area (Å²) in [6.45, 7) is 3.06. The predicted octanol–water partition coefficient (Wildman–Crippen LogP) is 0.408. The third-order valence-electron chi connectivity index (χ3n) is 0.782. The molecule has 4 heteroatoms. The largest absolute Gasteiger partial charge is 0.298 e. The summed E-state index contributed by atoms with van der Waals surface area (Å²) in [5.41, 5.74) is 0.270. The second kappa shape index (κ2) is 3.77. The summed E-state index contributed by atoms with van der Waals surface area (Å²) < 4.78 is 0. The Morgan fingerprint density at radius 2 is 2.33 bits per heavy atom. The van der Waals surface area contributed by atoms with Crippen molar-refractivity contribution in [3.05, 3.63) is 22.3 Å². The molecule has 0 amide bonds. The quantitative estimate of drug-likeness (QED) is 0.239. The van der Waals surface area contributed by atoms with Gasteiger partial charge < -0.3 is 0 Å². The summed E-state index contributed by atoms with van der Waals surface area (Å²) in [5.74, 6) is 0. The first-order valence-corrected chi connectivity index (χ1v) is 2.41. The summed E-state index contributed by atoms with van der Waals surface area (Å²) in [7, 11) is 0. The summed E-state index contributed by atoms with van der Waals surface area (Å²) in [6.07, 6.45) is 0.681. The number of aldehydes is 1. The highest BCUT2D eigenvalue weighted by Crippen LogP contribution is 1.91. The highest BCUT2D eigenvalue weighted by atomic mass is 16.6. The maximum absolute atomic E-state index is 9.80. The molecule has 0 heterocycles. The van der Waals surface area contributed by atoms with Crippen molar-refractivity contribution in [2.45, 2.75) is 6.42 Å². The maximum Gasteiger partial charge on any atom is 0.208 e. The lowest BCUT2D eigenvalue weighted by Crippen LogP contribution is -2.01. The summed E-state index contributed by atoms with van der Waals surface area (Å²) >= 11 is 0. The Hall–Kier alpha value is -1.19. The average Bonchev–Trinajstić information content (AvgIpc) is 1.83. The Bertz CT molecular complexity index is 141. The van der Waals surface area contributed by atoms with Gasteiger partial charge in [-0.1, -0.05) is 6.58 Å². The van der Waals surface area contributed by atoms with Gasteiger partial charge in [-0.05, 0) is 5.57 Å². The first-order chi connectivity index (χ1) is 4.16. The fourth-order valence-electron chi connectivity index (χ4n) is 0.294. The van der Waals surface area contributed by atoms with Gasteiger partial charge in [0.2, 0.25) is 6.54 Å². The van der Waals surface area contributed by atoms with Gasteiger partial charge in [0, 0.05) is 11.3 Å². The Morgan fingerprint density at radius 1 is 1.78 bits per heavy atom. The number of hydrogen-bond acceptors (Lipinski definition) is 3. The number of carbonyl (C=O) groups is 1. The fraction of sp³-hybridized carbons (Fsp3) is 0.400. The molecule has 9 heavy (non-hydrogen) atoms. The van der Waals surface area contributed by atoms with Crippen LogP contribution in [0, 0.1) is 10.1 Å². The van der Waals surface area contributed by atoms with Crippen LogP contribution in [0.3, 0.4) is 0 Å². The number of nitro groups is 1. The van der Waals surface area contributed by atoms with Crippen LogP contribution >= 0.6 is 0 Å². The van der Waals surface area contributed by atoms with Gasteiger partial charge in [-0.3, -0.25) is 14.9 Å². The number of hydrogen-bond donors (Lipinski definition) is 0. The molecule has 0 bridgehead atoms. The van der Waals surface area contributed by atoms with Crippen molar-refractivity contribution < 1.29 is 9.72 Å². The molecule has 0 atom stereocenters. The van der Waals surface area contributed by atoms with Gasteiger partial charge in [0.1, 0.15) is 6.29 Å². The van der Waals surface area contributed by atoms with Crippen LogP contribution in [0.1, 0.15) is 6.42 Å². The fourth-order valence-corrected chi connectivity index (χ4v) is 0.294. The lowest BCUT2D eigenvalue weighted by Gasteiger charge is -1.88. The van der Waals surface area contributed by atoms with E-state index >= 15 is 0 Å². The van der Waals surface area contributed by atoms with Crippen LogP contribution in [0.5, 0.6) is 0 Å². The van der Waals surface area contributed by atoms with E-state index in [0.717, 1.165) is 0 Å². The van der Waals surface area contributed by atoms with Gasteiger partial charge in [-0.25, -0.2) is 0 Å². The Kier molecular flexibility index (Phi) is 3.27. The highest BCUT2D eigenvalue weighted by molar-refractivity contribution is 5.71. The smallest absolute Gasteiger partial charge is 0.208 e. The molecule has 0 saturated heterocycles. The van der Waals surface area contributed by atoms with Crippen molar-refractivity contribution in [2.24, 2.45) is 0 Å². The molecule has 0 fully saturated rings. The van der Waals surface area contributed by atoms with Crippen molar-refractivity contribution in [1.82, 2.24) is 0 Å². The lowest BCUT2D eigenvalue weighted by molar-refractivity contribution is -0.479. The van der Waals surface area contributed by atoms with Crippen molar-refractivity contribution >= 4 is 6.29 Å². The maximum atomic E-state index is 9.80. The van der Waals surface area contributed by atoms with Crippen LogP contribution in [0.4, 0.5) is 0 Å². The number of carbonyl (C=O) groups excluding carboxylic acids is 1. The molecule has 0 saturated carbocycles. The first kappa shape index (κ1) is 7.81. The van der Waals surface area contributed by atoms with Crippen molar-refractivity contribution in [3.63, 3.8) is 0 Å². The van der Waals surface area contributed by atoms with Gasteiger partial charge in [-0.15, -0.1) is 0 Å². The second-order valence-corrected chi connectivity index (χ2v) is 1.58. The highest BCUT2D eigenvalue weighted by Gasteiger charge is 1.97. The van der Waals surface area contributed by atoms with Gasteiger partial charge in [-0.2, -0.15) is 0 Å². The third kappa shape index (κ3) is 4.67. The van der Waals surface area contributed by atoms with E-state index in [1.165, 1.54) is 0 Å². The molecule has 0 unspecified atom stereocenters. The molecule has 4 nitrogen and oxygen atoms in total. The number of nitrogens with zero attached hydrogens (tertiary/aromatic N) is 1. The van der Waals surface area contributed by atoms with E-state index in [1.807, 2.05) is 0 Å². The van der Waals surface area contributed by atoms with Crippen molar-refractivity contribution in [1.29, 1.82) is 0 Å². The van der Waals surface area contributed by atoms with Crippen LogP contribution < -0.4 is 0 Å². The molecular formula is C5H7NO3. The molecule has 0 aromatic heterocycles. The molecule has 0 rings (SSSR count). The molecule has 0 radical (unpaired) electrons. The van der Waals surface area contributed by atoms with Crippen molar-refractivity contribution in [2.75, 3.05) is 6.54 Å². The van der Waals surface area contributed by atoms with Crippen molar-refractivity contribution in [3.8, 4) is 0 Å². The predicted molar refractivity (Wildman–Crippen MR) is 31.7 cm³/mol. The summed E-state index contributed by atoms with van der Waals surface area (Å²) in [4.78, 5) is 19.0. The topological polar surface area (TPSA) is 60.2 Å². The van der Waals surface area contributed by atoms with Crippen LogP contribution in [0.25, 0.3) is 0 Å². The van der Waals surface area contributed by atoms with E-state index < -0.39 is 4.92 Å². The van der Waals surface area contributed by atoms with Crippen LogP contribution in [-0.2, 0) is 4.79 Å². The molecule has 0 aliphatic rings. The second-order valence-electron chi connectivity index (χ2n) is 1.58. The van der Waals surface area contributed by atoms with Gasteiger partial charge in [0.25, 0.3) is 0 Å². The Morgan fingerprint density at radius 3 is 2.67 bits per heavy atom. The molecule has 0 spiro atoms. The lowest BCUT2D eigenvalue weighted by atomic mass is 10.2. The Labute approximate surface area is 52.3 Å². The van der Waals surface area contributed by atoms with E-state index in [9.17, 15) is 14.9 Å². The standard InChI is InChI=1S/C5H7NO3/c1-5(4-7)2-3-6(8)9/h4H,1-3H2. The first-order valence-electron chi connectivity index (χ1n) is 2.41. The van der Waals surface area contributed by atoms with E-state index in [4.69, 9.17) is 0 Å². The molecule has 0 aromatic carbocycles. The van der Waals surface area contributed by atoms with Gasteiger partial charge in [0.15, 0.2) is 0 Å². The molecule has 0 aliphatic carbocycles. The molecule has 50 valence electrons. The van der Waals surface area contributed by atoms with Crippen LogP contribution in [-0.4, -0.2) is 17.8 Å². The zero-order valence-electron chi connectivity index (χ0n) is 4.87. The summed E-state index contributed by atoms with van der Waals surface area (Å²) in [6, 6.07) is 0. The molecule has 0 N–H and O–H groups in total. The third-order valence-corrected chi connectivity index (χ3v) is 0.782. The van der Waals surface area contributed by atoms with E-state index in [1.54, 1.807) is 0 Å². The minimum Gasteiger partial charge on any atom is -0.298 e. The van der Waals surface area contributed by atoms with Crippen LogP contribution in [0.15, 0.2) is 12.2 Å². The minimum absolute atomic E-state index is 0.149. The monoisotopic (exact) mass is 129 g/mol. The molecule has 0 aromatic rings. The number of rotatable bonds is 4. The van der Waals surface area contributed by atoms with Gasteiger partial charge >= 0.3 is 0 Å². The normalized spacial score (nSPS) is 8.44. The summed E-state index contributed by atoms with van der Waals surface area (Å²) in [5, 5.41) is 9.67. The van der Waals surface area contributed by atoms with E-state index in [-0.39, 0.29) is 18.5 Å². The zero-order chi connectivity index (χ0) is 7.28. The average molecular weight is 129 g/mol.